The SMILES string of the molecule is CN1/C(=C\C=C2c3ccccc3-c3ccccc32)C(C)(C)c2ccccc21. The summed E-state index contributed by atoms with van der Waals surface area (Å²) in [4.78, 5) is 2.33. The van der Waals surface area contributed by atoms with Gasteiger partial charge in [-0.3, -0.25) is 0 Å². The molecule has 0 amide bonds. The molecule has 1 heterocycles. The first-order valence-corrected chi connectivity index (χ1v) is 9.54. The summed E-state index contributed by atoms with van der Waals surface area (Å²) >= 11 is 0. The number of nitrogens with zero attached hydrogens (tertiary/aromatic N) is 1. The standard InChI is InChI=1S/C26H23N/c1-26(2)23-14-8-9-15-24(23)27(3)25(26)17-16-22-20-12-6-4-10-18(20)19-11-5-7-13-21(19)22/h4-17H,1-3H3/b25-17-. The summed E-state index contributed by atoms with van der Waals surface area (Å²) in [6.45, 7) is 4.63. The van der Waals surface area contributed by atoms with E-state index < -0.39 is 0 Å². The zero-order valence-corrected chi connectivity index (χ0v) is 16.0. The minimum Gasteiger partial charge on any atom is -0.347 e. The predicted octanol–water partition coefficient (Wildman–Crippen LogP) is 6.41. The van der Waals surface area contributed by atoms with E-state index in [9.17, 15) is 0 Å². The molecule has 132 valence electrons. The summed E-state index contributed by atoms with van der Waals surface area (Å²) in [7, 11) is 2.18. The van der Waals surface area contributed by atoms with Crippen LogP contribution in [0.3, 0.4) is 0 Å². The highest BCUT2D eigenvalue weighted by molar-refractivity contribution is 6.01. The normalized spacial score (nSPS) is 17.7. The molecular formula is C26H23N. The molecule has 1 nitrogen and oxygen atoms in total. The second kappa shape index (κ2) is 5.72. The molecule has 0 N–H and O–H groups in total. The fraction of sp³-hybridized carbons (Fsp3) is 0.154. The molecule has 2 aliphatic rings. The molecule has 1 aliphatic carbocycles. The fourth-order valence-electron chi connectivity index (χ4n) is 4.69. The third-order valence-corrected chi connectivity index (χ3v) is 6.07. The maximum absolute atomic E-state index is 2.33. The molecule has 0 radical (unpaired) electrons. The average molecular weight is 349 g/mol. The van der Waals surface area contributed by atoms with Gasteiger partial charge in [-0.25, -0.2) is 0 Å². The summed E-state index contributed by atoms with van der Waals surface area (Å²) in [5, 5.41) is 0. The Hall–Kier alpha value is -3.06. The van der Waals surface area contributed by atoms with Crippen molar-refractivity contribution in [2.24, 2.45) is 0 Å². The van der Waals surface area contributed by atoms with Crippen LogP contribution in [0.2, 0.25) is 0 Å². The van der Waals surface area contributed by atoms with Crippen LogP contribution in [0.4, 0.5) is 5.69 Å². The van der Waals surface area contributed by atoms with Crippen molar-refractivity contribution < 1.29 is 0 Å². The Morgan fingerprint density at radius 3 is 1.78 bits per heavy atom. The van der Waals surface area contributed by atoms with E-state index in [2.05, 4.69) is 111 Å². The van der Waals surface area contributed by atoms with Gasteiger partial charge in [-0.1, -0.05) is 86.7 Å². The van der Waals surface area contributed by atoms with E-state index in [1.54, 1.807) is 0 Å². The van der Waals surface area contributed by atoms with Crippen LogP contribution < -0.4 is 4.90 Å². The first-order chi connectivity index (χ1) is 13.1. The molecule has 0 saturated carbocycles. The van der Waals surface area contributed by atoms with Crippen LogP contribution in [0.25, 0.3) is 16.7 Å². The van der Waals surface area contributed by atoms with Crippen molar-refractivity contribution in [2.75, 3.05) is 11.9 Å². The second-order valence-corrected chi connectivity index (χ2v) is 7.92. The Balaban J connectivity index is 1.67. The largest absolute Gasteiger partial charge is 0.347 e. The topological polar surface area (TPSA) is 3.24 Å². The number of anilines is 1. The van der Waals surface area contributed by atoms with E-state index in [-0.39, 0.29) is 5.41 Å². The molecule has 1 heteroatoms. The predicted molar refractivity (Wildman–Crippen MR) is 115 cm³/mol. The van der Waals surface area contributed by atoms with E-state index in [1.165, 1.54) is 44.8 Å². The maximum Gasteiger partial charge on any atom is 0.0447 e. The van der Waals surface area contributed by atoms with Gasteiger partial charge in [0.05, 0.1) is 0 Å². The quantitative estimate of drug-likeness (QED) is 0.384. The first-order valence-electron chi connectivity index (χ1n) is 9.54. The number of rotatable bonds is 1. The van der Waals surface area contributed by atoms with Crippen LogP contribution in [0, 0.1) is 0 Å². The zero-order valence-electron chi connectivity index (χ0n) is 16.0. The highest BCUT2D eigenvalue weighted by Gasteiger charge is 2.37. The monoisotopic (exact) mass is 349 g/mol. The highest BCUT2D eigenvalue weighted by Crippen LogP contribution is 2.48. The van der Waals surface area contributed by atoms with Gasteiger partial charge < -0.3 is 4.90 Å². The Labute approximate surface area is 161 Å². The van der Waals surface area contributed by atoms with Gasteiger partial charge in [0.15, 0.2) is 0 Å². The number of hydrogen-bond acceptors (Lipinski definition) is 1. The average Bonchev–Trinajstić information content (AvgIpc) is 3.11. The Bertz CT molecular complexity index is 1070. The highest BCUT2D eigenvalue weighted by atomic mass is 15.2. The molecule has 0 aromatic heterocycles. The molecular weight excluding hydrogens is 326 g/mol. The van der Waals surface area contributed by atoms with Crippen LogP contribution >= 0.6 is 0 Å². The molecule has 5 rings (SSSR count). The lowest BCUT2D eigenvalue weighted by Gasteiger charge is -2.23. The van der Waals surface area contributed by atoms with Gasteiger partial charge in [0.2, 0.25) is 0 Å². The summed E-state index contributed by atoms with van der Waals surface area (Å²) in [5.41, 5.74) is 10.7. The van der Waals surface area contributed by atoms with E-state index in [0.29, 0.717) is 0 Å². The number of hydrogen-bond donors (Lipinski definition) is 0. The van der Waals surface area contributed by atoms with Crippen LogP contribution in [-0.2, 0) is 5.41 Å². The summed E-state index contributed by atoms with van der Waals surface area (Å²) in [6.07, 6.45) is 4.62. The van der Waals surface area contributed by atoms with Gasteiger partial charge in [0, 0.05) is 23.8 Å². The zero-order chi connectivity index (χ0) is 18.6. The third kappa shape index (κ3) is 2.24. The molecule has 0 saturated heterocycles. The van der Waals surface area contributed by atoms with Crippen molar-refractivity contribution in [3.8, 4) is 11.1 Å². The molecule has 1 aliphatic heterocycles. The lowest BCUT2D eigenvalue weighted by Crippen LogP contribution is -2.22. The lowest BCUT2D eigenvalue weighted by molar-refractivity contribution is 0.640. The van der Waals surface area contributed by atoms with Crippen molar-refractivity contribution >= 4 is 11.3 Å². The molecule has 0 bridgehead atoms. The van der Waals surface area contributed by atoms with Crippen molar-refractivity contribution in [3.63, 3.8) is 0 Å². The molecule has 0 fully saturated rings. The van der Waals surface area contributed by atoms with Gasteiger partial charge in [-0.05, 0) is 45.5 Å². The number of allylic oxidation sites excluding steroid dienone is 3. The van der Waals surface area contributed by atoms with Gasteiger partial charge in [-0.2, -0.15) is 0 Å². The first kappa shape index (κ1) is 16.1. The van der Waals surface area contributed by atoms with Crippen molar-refractivity contribution in [3.05, 3.63) is 107 Å². The number of para-hydroxylation sites is 1. The number of likely N-dealkylation sites (N-methyl/N-ethyl adjacent to an activating group) is 1. The van der Waals surface area contributed by atoms with Crippen LogP contribution in [0.5, 0.6) is 0 Å². The van der Waals surface area contributed by atoms with Crippen molar-refractivity contribution in [2.45, 2.75) is 19.3 Å². The number of fused-ring (bicyclic) bond motifs is 4. The third-order valence-electron chi connectivity index (χ3n) is 6.07. The molecule has 3 aromatic carbocycles. The fourth-order valence-corrected chi connectivity index (χ4v) is 4.69. The van der Waals surface area contributed by atoms with Gasteiger partial charge in [0.1, 0.15) is 0 Å². The summed E-state index contributed by atoms with van der Waals surface area (Å²) < 4.78 is 0. The summed E-state index contributed by atoms with van der Waals surface area (Å²) in [5.74, 6) is 0. The van der Waals surface area contributed by atoms with E-state index in [1.807, 2.05) is 0 Å². The van der Waals surface area contributed by atoms with Crippen LogP contribution in [0.15, 0.2) is 90.6 Å². The van der Waals surface area contributed by atoms with E-state index >= 15 is 0 Å². The maximum atomic E-state index is 2.33. The van der Waals surface area contributed by atoms with Crippen molar-refractivity contribution in [1.82, 2.24) is 0 Å². The van der Waals surface area contributed by atoms with Crippen LogP contribution in [0.1, 0.15) is 30.5 Å². The van der Waals surface area contributed by atoms with Crippen molar-refractivity contribution in [1.29, 1.82) is 0 Å². The Morgan fingerprint density at radius 1 is 0.667 bits per heavy atom. The Kier molecular flexibility index (Phi) is 3.42. The minimum atomic E-state index is 0.0000430. The molecule has 0 unspecified atom stereocenters. The van der Waals surface area contributed by atoms with Gasteiger partial charge >= 0.3 is 0 Å². The molecule has 0 spiro atoms. The van der Waals surface area contributed by atoms with E-state index in [0.717, 1.165) is 0 Å². The second-order valence-electron chi connectivity index (χ2n) is 7.92. The van der Waals surface area contributed by atoms with Crippen LogP contribution in [-0.4, -0.2) is 7.05 Å². The number of benzene rings is 3. The molecule has 0 atom stereocenters. The minimum absolute atomic E-state index is 0.0000430. The molecule has 3 aromatic rings. The lowest BCUT2D eigenvalue weighted by atomic mass is 9.83. The van der Waals surface area contributed by atoms with E-state index in [4.69, 9.17) is 0 Å². The smallest absolute Gasteiger partial charge is 0.0447 e. The Morgan fingerprint density at radius 2 is 1.19 bits per heavy atom. The van der Waals surface area contributed by atoms with Gasteiger partial charge in [-0.15, -0.1) is 0 Å². The summed E-state index contributed by atoms with van der Waals surface area (Å²) in [6, 6.07) is 26.2. The van der Waals surface area contributed by atoms with Gasteiger partial charge in [0.25, 0.3) is 0 Å². The molecule has 27 heavy (non-hydrogen) atoms.